The van der Waals surface area contributed by atoms with E-state index in [1.54, 1.807) is 19.1 Å². The highest BCUT2D eigenvalue weighted by Gasteiger charge is 2.24. The summed E-state index contributed by atoms with van der Waals surface area (Å²) >= 11 is 0. The highest BCUT2D eigenvalue weighted by atomic mass is 16.5. The van der Waals surface area contributed by atoms with E-state index in [0.29, 0.717) is 19.6 Å². The molecule has 0 saturated carbocycles. The maximum absolute atomic E-state index is 12.1. The van der Waals surface area contributed by atoms with Crippen LogP contribution in [0.3, 0.4) is 0 Å². The van der Waals surface area contributed by atoms with Gasteiger partial charge in [0.05, 0.1) is 11.3 Å². The Hall–Kier alpha value is -2.28. The first-order valence-corrected chi connectivity index (χ1v) is 8.49. The second-order valence-corrected chi connectivity index (χ2v) is 6.47. The van der Waals surface area contributed by atoms with Crippen LogP contribution in [0.15, 0.2) is 29.3 Å². The molecule has 0 aromatic heterocycles. The average molecular weight is 348 g/mol. The van der Waals surface area contributed by atoms with Crippen LogP contribution in [0, 0.1) is 0 Å². The molecule has 1 aromatic carbocycles. The van der Waals surface area contributed by atoms with Crippen LogP contribution in [-0.2, 0) is 9.53 Å². The SMILES string of the molecule is CN=C(NCCCN1C(=O)COc2ccccc21)NCC(C)(C)OC. The number of amides is 1. The molecule has 0 saturated heterocycles. The lowest BCUT2D eigenvalue weighted by Crippen LogP contribution is -2.46. The highest BCUT2D eigenvalue weighted by molar-refractivity contribution is 5.97. The number of ether oxygens (including phenoxy) is 2. The van der Waals surface area contributed by atoms with Gasteiger partial charge < -0.3 is 25.0 Å². The zero-order chi connectivity index (χ0) is 18.3. The lowest BCUT2D eigenvalue weighted by atomic mass is 10.1. The summed E-state index contributed by atoms with van der Waals surface area (Å²) in [5.41, 5.74) is 0.574. The minimum Gasteiger partial charge on any atom is -0.482 e. The number of methoxy groups -OCH3 is 1. The molecule has 7 heteroatoms. The largest absolute Gasteiger partial charge is 0.482 e. The van der Waals surface area contributed by atoms with Crippen molar-refractivity contribution in [3.8, 4) is 5.75 Å². The first-order chi connectivity index (χ1) is 12.0. The second-order valence-electron chi connectivity index (χ2n) is 6.47. The number of guanidine groups is 1. The minimum absolute atomic E-state index is 0.0111. The molecule has 0 bridgehead atoms. The van der Waals surface area contributed by atoms with Gasteiger partial charge >= 0.3 is 0 Å². The monoisotopic (exact) mass is 348 g/mol. The van der Waals surface area contributed by atoms with E-state index < -0.39 is 0 Å². The van der Waals surface area contributed by atoms with Crippen molar-refractivity contribution in [3.05, 3.63) is 24.3 Å². The zero-order valence-electron chi connectivity index (χ0n) is 15.5. The summed E-state index contributed by atoms with van der Waals surface area (Å²) in [5, 5.41) is 6.50. The van der Waals surface area contributed by atoms with Crippen LogP contribution in [-0.4, -0.2) is 57.9 Å². The molecule has 0 atom stereocenters. The molecule has 25 heavy (non-hydrogen) atoms. The summed E-state index contributed by atoms with van der Waals surface area (Å²) in [6, 6.07) is 7.62. The predicted octanol–water partition coefficient (Wildman–Crippen LogP) is 1.39. The van der Waals surface area contributed by atoms with Gasteiger partial charge in [0.1, 0.15) is 5.75 Å². The quantitative estimate of drug-likeness (QED) is 0.442. The van der Waals surface area contributed by atoms with E-state index in [0.717, 1.165) is 23.8 Å². The number of rotatable bonds is 7. The van der Waals surface area contributed by atoms with E-state index in [-0.39, 0.29) is 18.1 Å². The Balaban J connectivity index is 1.80. The Kier molecular flexibility index (Phi) is 6.64. The number of carbonyl (C=O) groups excluding carboxylic acids is 1. The van der Waals surface area contributed by atoms with Crippen molar-refractivity contribution in [1.29, 1.82) is 0 Å². The summed E-state index contributed by atoms with van der Waals surface area (Å²) < 4.78 is 10.8. The Labute approximate surface area is 149 Å². The van der Waals surface area contributed by atoms with Gasteiger partial charge in [-0.15, -0.1) is 0 Å². The molecule has 1 aromatic rings. The van der Waals surface area contributed by atoms with Crippen molar-refractivity contribution >= 4 is 17.6 Å². The molecule has 138 valence electrons. The van der Waals surface area contributed by atoms with Crippen LogP contribution in [0.25, 0.3) is 0 Å². The smallest absolute Gasteiger partial charge is 0.265 e. The fraction of sp³-hybridized carbons (Fsp3) is 0.556. The summed E-state index contributed by atoms with van der Waals surface area (Å²) in [5.74, 6) is 1.47. The fourth-order valence-electron chi connectivity index (χ4n) is 2.43. The van der Waals surface area contributed by atoms with Gasteiger partial charge in [0.15, 0.2) is 12.6 Å². The Morgan fingerprint density at radius 2 is 2.12 bits per heavy atom. The minimum atomic E-state index is -0.262. The zero-order valence-corrected chi connectivity index (χ0v) is 15.5. The molecule has 0 fully saturated rings. The number of nitrogens with zero attached hydrogens (tertiary/aromatic N) is 2. The number of anilines is 1. The lowest BCUT2D eigenvalue weighted by molar-refractivity contribution is -0.121. The van der Waals surface area contributed by atoms with Gasteiger partial charge in [-0.05, 0) is 32.4 Å². The lowest BCUT2D eigenvalue weighted by Gasteiger charge is -2.29. The van der Waals surface area contributed by atoms with E-state index >= 15 is 0 Å². The van der Waals surface area contributed by atoms with Crippen LogP contribution >= 0.6 is 0 Å². The molecule has 1 heterocycles. The molecule has 2 N–H and O–H groups in total. The van der Waals surface area contributed by atoms with E-state index in [4.69, 9.17) is 9.47 Å². The molecule has 7 nitrogen and oxygen atoms in total. The van der Waals surface area contributed by atoms with Crippen LogP contribution in [0.5, 0.6) is 5.75 Å². The van der Waals surface area contributed by atoms with Crippen LogP contribution < -0.4 is 20.3 Å². The number of benzene rings is 1. The van der Waals surface area contributed by atoms with Gasteiger partial charge in [0, 0.05) is 33.8 Å². The van der Waals surface area contributed by atoms with Crippen molar-refractivity contribution in [2.45, 2.75) is 25.9 Å². The van der Waals surface area contributed by atoms with E-state index in [9.17, 15) is 4.79 Å². The first kappa shape index (κ1) is 19.1. The van der Waals surface area contributed by atoms with E-state index in [2.05, 4.69) is 15.6 Å². The van der Waals surface area contributed by atoms with Crippen LogP contribution in [0.4, 0.5) is 5.69 Å². The third-order valence-corrected chi connectivity index (χ3v) is 4.12. The normalized spacial score (nSPS) is 14.8. The van der Waals surface area contributed by atoms with Gasteiger partial charge in [-0.25, -0.2) is 0 Å². The number of fused-ring (bicyclic) bond motifs is 1. The average Bonchev–Trinajstić information content (AvgIpc) is 2.62. The summed E-state index contributed by atoms with van der Waals surface area (Å²) in [6.07, 6.45) is 0.800. The van der Waals surface area contributed by atoms with Gasteiger partial charge in [0.2, 0.25) is 0 Å². The van der Waals surface area contributed by atoms with E-state index in [1.165, 1.54) is 0 Å². The van der Waals surface area contributed by atoms with Gasteiger partial charge in [-0.1, -0.05) is 12.1 Å². The Morgan fingerprint density at radius 3 is 2.84 bits per heavy atom. The number of carbonyl (C=O) groups is 1. The van der Waals surface area contributed by atoms with Crippen molar-refractivity contribution in [3.63, 3.8) is 0 Å². The summed E-state index contributed by atoms with van der Waals surface area (Å²) in [7, 11) is 3.42. The third kappa shape index (κ3) is 5.35. The molecule has 1 aliphatic heterocycles. The molecule has 0 aliphatic carbocycles. The third-order valence-electron chi connectivity index (χ3n) is 4.12. The van der Waals surface area contributed by atoms with Crippen LogP contribution in [0.1, 0.15) is 20.3 Å². The van der Waals surface area contributed by atoms with E-state index in [1.807, 2.05) is 38.1 Å². The highest BCUT2D eigenvalue weighted by Crippen LogP contribution is 2.31. The van der Waals surface area contributed by atoms with Crippen molar-refractivity contribution in [1.82, 2.24) is 10.6 Å². The fourth-order valence-corrected chi connectivity index (χ4v) is 2.43. The van der Waals surface area contributed by atoms with Crippen molar-refractivity contribution in [2.24, 2.45) is 4.99 Å². The van der Waals surface area contributed by atoms with Gasteiger partial charge in [-0.3, -0.25) is 9.79 Å². The Morgan fingerprint density at radius 1 is 1.36 bits per heavy atom. The molecule has 1 amide bonds. The topological polar surface area (TPSA) is 75.2 Å². The molecular formula is C18H28N4O3. The number of hydrogen-bond acceptors (Lipinski definition) is 4. The number of nitrogens with one attached hydrogen (secondary N) is 2. The van der Waals surface area contributed by atoms with Crippen molar-refractivity contribution < 1.29 is 14.3 Å². The molecule has 0 unspecified atom stereocenters. The maximum Gasteiger partial charge on any atom is 0.265 e. The maximum atomic E-state index is 12.1. The van der Waals surface area contributed by atoms with Crippen molar-refractivity contribution in [2.75, 3.05) is 45.3 Å². The predicted molar refractivity (Wildman–Crippen MR) is 99.4 cm³/mol. The molecule has 0 spiro atoms. The number of hydrogen-bond donors (Lipinski definition) is 2. The summed E-state index contributed by atoms with van der Waals surface area (Å²) in [6.45, 7) is 6.11. The molecule has 2 rings (SSSR count). The molecule has 0 radical (unpaired) electrons. The number of aliphatic imine (C=N–C) groups is 1. The number of para-hydroxylation sites is 2. The van der Waals surface area contributed by atoms with Gasteiger partial charge in [0.25, 0.3) is 5.91 Å². The first-order valence-electron chi connectivity index (χ1n) is 8.49. The molecule has 1 aliphatic rings. The standard InChI is InChI=1S/C18H28N4O3/c1-18(2,24-4)13-21-17(19-3)20-10-7-11-22-14-8-5-6-9-15(14)25-12-16(22)23/h5-6,8-9H,7,10-13H2,1-4H3,(H2,19,20,21). The molecular weight excluding hydrogens is 320 g/mol. The van der Waals surface area contributed by atoms with Crippen LogP contribution in [0.2, 0.25) is 0 Å². The summed E-state index contributed by atoms with van der Waals surface area (Å²) in [4.78, 5) is 18.1. The second kappa shape index (κ2) is 8.71. The van der Waals surface area contributed by atoms with Gasteiger partial charge in [-0.2, -0.15) is 0 Å². The Bertz CT molecular complexity index is 616.